The minimum absolute atomic E-state index is 0.0203. The van der Waals surface area contributed by atoms with E-state index in [1.54, 1.807) is 54.1 Å². The van der Waals surface area contributed by atoms with E-state index in [2.05, 4.69) is 24.8 Å². The molecule has 6 heterocycles. The molecule has 2 fully saturated rings. The number of pyridine rings is 1. The lowest BCUT2D eigenvalue weighted by atomic mass is 10.1. The molecule has 0 N–H and O–H groups in total. The molecule has 18 heteroatoms. The average Bonchev–Trinajstić information content (AvgIpc) is 4.01. The maximum absolute atomic E-state index is 13.8. The number of nitrogens with zero attached hydrogens (tertiary/aromatic N) is 12. The summed E-state index contributed by atoms with van der Waals surface area (Å²) in [6.45, 7) is 8.62. The Morgan fingerprint density at radius 3 is 1.56 bits per heavy atom. The van der Waals surface area contributed by atoms with Gasteiger partial charge < -0.3 is 28.7 Å². The van der Waals surface area contributed by atoms with Crippen molar-refractivity contribution in [1.82, 2.24) is 48.8 Å². The van der Waals surface area contributed by atoms with E-state index in [0.29, 0.717) is 91.9 Å². The maximum Gasteiger partial charge on any atom is 0.230 e. The van der Waals surface area contributed by atoms with Crippen molar-refractivity contribution in [3.8, 4) is 33.9 Å². The van der Waals surface area contributed by atoms with Crippen molar-refractivity contribution in [3.63, 3.8) is 0 Å². The maximum atomic E-state index is 13.8. The smallest absolute Gasteiger partial charge is 0.230 e. The zero-order valence-electron chi connectivity index (χ0n) is 38.5. The number of hydrogen-bond acceptors (Lipinski definition) is 10. The summed E-state index contributed by atoms with van der Waals surface area (Å²) in [5, 5.41) is 0.679. The van der Waals surface area contributed by atoms with Gasteiger partial charge in [0.25, 0.3) is 0 Å². The molecule has 356 valence electrons. The second-order valence-corrected chi connectivity index (χ2v) is 17.3. The van der Waals surface area contributed by atoms with Crippen LogP contribution in [-0.2, 0) is 22.4 Å². The number of carbonyl (C=O) groups is 2. The molecule has 8 aromatic rings. The highest BCUT2D eigenvalue weighted by Crippen LogP contribution is 2.28. The van der Waals surface area contributed by atoms with Gasteiger partial charge in [0.05, 0.1) is 24.2 Å². The topological polar surface area (TPSA) is 134 Å². The molecule has 2 saturated heterocycles. The Morgan fingerprint density at radius 1 is 0.571 bits per heavy atom. The van der Waals surface area contributed by atoms with Crippen LogP contribution in [0.1, 0.15) is 22.8 Å². The molecule has 4 aromatic heterocycles. The quantitative estimate of drug-likeness (QED) is 0.132. The van der Waals surface area contributed by atoms with Crippen molar-refractivity contribution in [2.75, 3.05) is 62.2 Å². The molecular formula is C52H48ClF3N12O2. The first-order valence-electron chi connectivity index (χ1n) is 22.8. The van der Waals surface area contributed by atoms with Crippen LogP contribution in [0.25, 0.3) is 33.9 Å². The fourth-order valence-corrected chi connectivity index (χ4v) is 8.51. The van der Waals surface area contributed by atoms with Gasteiger partial charge in [-0.15, -0.1) is 0 Å². The van der Waals surface area contributed by atoms with Crippen LogP contribution in [0.5, 0.6) is 0 Å². The molecule has 2 aliphatic rings. The van der Waals surface area contributed by atoms with Gasteiger partial charge in [0, 0.05) is 98.5 Å². The van der Waals surface area contributed by atoms with Crippen molar-refractivity contribution < 1.29 is 22.8 Å². The molecule has 0 spiro atoms. The molecule has 0 unspecified atom stereocenters. The molecule has 0 bridgehead atoms. The van der Waals surface area contributed by atoms with Crippen LogP contribution in [0, 0.1) is 31.3 Å². The molecule has 0 atom stereocenters. The number of hydrogen-bond donors (Lipinski definition) is 0. The molecular weight excluding hydrogens is 917 g/mol. The summed E-state index contributed by atoms with van der Waals surface area (Å²) in [4.78, 5) is 60.4. The SMILES string of the molecule is Cc1cc(-c2cn(-c3ccc(F)cc3)c(CC(=O)N3CCN(c4ccccn4)CC3)n2)ccc1F.Cc1cc(-c2cn(-c3ccc(F)cc3)c(CC(=O)N3CCN(c4ncncn4)CC3)n2)ccc1Cl. The van der Waals surface area contributed by atoms with Crippen LogP contribution < -0.4 is 9.80 Å². The van der Waals surface area contributed by atoms with Crippen molar-refractivity contribution in [1.29, 1.82) is 0 Å². The van der Waals surface area contributed by atoms with Gasteiger partial charge in [-0.3, -0.25) is 9.59 Å². The van der Waals surface area contributed by atoms with Crippen molar-refractivity contribution >= 4 is 35.2 Å². The van der Waals surface area contributed by atoms with Gasteiger partial charge in [0.1, 0.15) is 47.6 Å². The van der Waals surface area contributed by atoms with Gasteiger partial charge in [-0.1, -0.05) is 23.7 Å². The van der Waals surface area contributed by atoms with E-state index in [1.807, 2.05) is 75.0 Å². The zero-order valence-corrected chi connectivity index (χ0v) is 39.2. The number of carbonyl (C=O) groups excluding carboxylic acids is 2. The average molecular weight is 965 g/mol. The Labute approximate surface area is 407 Å². The number of rotatable bonds is 10. The molecule has 0 radical (unpaired) electrons. The predicted octanol–water partition coefficient (Wildman–Crippen LogP) is 8.13. The fraction of sp³-hybridized carbons (Fsp3) is 0.231. The standard InChI is InChI=1S/C27H25F2N5O.C25H23ClFN7O/c1-19-16-20(5-10-23(19)29)24-18-34(22-8-6-21(28)7-9-22)26(31-24)17-27(35)33-14-12-32(13-15-33)25-4-2-3-11-30-25;1-17-12-18(2-7-21(17)26)22-14-34(20-5-3-19(27)4-6-20)23(31-22)13-24(35)32-8-10-33(11-9-32)25-29-15-28-16-30-25/h2-11,16,18H,12-15,17H2,1H3;2-7,12,14-16H,8-11,13H2,1H3. The largest absolute Gasteiger partial charge is 0.353 e. The number of imidazole rings is 2. The summed E-state index contributed by atoms with van der Waals surface area (Å²) >= 11 is 6.19. The highest BCUT2D eigenvalue weighted by atomic mass is 35.5. The number of aromatic nitrogens is 8. The monoisotopic (exact) mass is 964 g/mol. The summed E-state index contributed by atoms with van der Waals surface area (Å²) < 4.78 is 44.5. The Bertz CT molecular complexity index is 2880. The summed E-state index contributed by atoms with van der Waals surface area (Å²) in [7, 11) is 0. The van der Waals surface area contributed by atoms with Crippen molar-refractivity contribution in [2.45, 2.75) is 26.7 Å². The Kier molecular flexibility index (Phi) is 14.3. The van der Waals surface area contributed by atoms with Gasteiger partial charge >= 0.3 is 0 Å². The molecule has 4 aromatic carbocycles. The first-order valence-corrected chi connectivity index (χ1v) is 23.1. The number of aryl methyl sites for hydroxylation is 2. The lowest BCUT2D eigenvalue weighted by Gasteiger charge is -2.35. The van der Waals surface area contributed by atoms with Gasteiger partial charge in [-0.05, 0) is 116 Å². The Hall–Kier alpha value is -7.92. The van der Waals surface area contributed by atoms with Crippen LogP contribution >= 0.6 is 11.6 Å². The van der Waals surface area contributed by atoms with Crippen LogP contribution in [0.2, 0.25) is 5.02 Å². The second kappa shape index (κ2) is 21.2. The summed E-state index contributed by atoms with van der Waals surface area (Å²) in [5.74, 6) is 1.66. The van der Waals surface area contributed by atoms with Gasteiger partial charge in [0.2, 0.25) is 17.8 Å². The highest BCUT2D eigenvalue weighted by molar-refractivity contribution is 6.31. The lowest BCUT2D eigenvalue weighted by Crippen LogP contribution is -2.49. The van der Waals surface area contributed by atoms with Gasteiger partial charge in [0.15, 0.2) is 0 Å². The van der Waals surface area contributed by atoms with E-state index < -0.39 is 0 Å². The third kappa shape index (κ3) is 11.0. The van der Waals surface area contributed by atoms with E-state index in [4.69, 9.17) is 21.6 Å². The minimum atomic E-state index is -0.341. The van der Waals surface area contributed by atoms with Crippen molar-refractivity contribution in [3.05, 3.63) is 180 Å². The normalized spacial score (nSPS) is 13.8. The first-order chi connectivity index (χ1) is 33.9. The number of benzene rings is 4. The predicted molar refractivity (Wildman–Crippen MR) is 261 cm³/mol. The third-order valence-electron chi connectivity index (χ3n) is 12.3. The first kappa shape index (κ1) is 47.2. The Balaban J connectivity index is 0.000000174. The summed E-state index contributed by atoms with van der Waals surface area (Å²) in [6.07, 6.45) is 8.60. The molecule has 2 amide bonds. The van der Waals surface area contributed by atoms with Crippen LogP contribution in [0.15, 0.2) is 134 Å². The number of amides is 2. The zero-order chi connectivity index (χ0) is 48.7. The number of piperazine rings is 2. The van der Waals surface area contributed by atoms with E-state index in [0.717, 1.165) is 33.9 Å². The highest BCUT2D eigenvalue weighted by Gasteiger charge is 2.26. The van der Waals surface area contributed by atoms with E-state index in [1.165, 1.54) is 43.0 Å². The van der Waals surface area contributed by atoms with Crippen LogP contribution in [-0.4, -0.2) is 113 Å². The van der Waals surface area contributed by atoms with E-state index in [9.17, 15) is 22.8 Å². The third-order valence-corrected chi connectivity index (χ3v) is 12.7. The fourth-order valence-electron chi connectivity index (χ4n) is 8.40. The molecule has 70 heavy (non-hydrogen) atoms. The molecule has 10 rings (SSSR count). The number of anilines is 2. The van der Waals surface area contributed by atoms with Crippen molar-refractivity contribution in [2.24, 2.45) is 0 Å². The van der Waals surface area contributed by atoms with Gasteiger partial charge in [-0.2, -0.15) is 0 Å². The van der Waals surface area contributed by atoms with Crippen LogP contribution in [0.3, 0.4) is 0 Å². The van der Waals surface area contributed by atoms with E-state index in [-0.39, 0.29) is 42.1 Å². The van der Waals surface area contributed by atoms with Crippen LogP contribution in [0.4, 0.5) is 24.9 Å². The number of halogens is 4. The van der Waals surface area contributed by atoms with E-state index >= 15 is 0 Å². The van der Waals surface area contributed by atoms with Gasteiger partial charge in [-0.25, -0.2) is 43.1 Å². The summed E-state index contributed by atoms with van der Waals surface area (Å²) in [6, 6.07) is 28.5. The molecule has 0 aliphatic carbocycles. The second-order valence-electron chi connectivity index (χ2n) is 16.9. The summed E-state index contributed by atoms with van der Waals surface area (Å²) in [5.41, 5.74) is 5.88. The molecule has 0 saturated carbocycles. The minimum Gasteiger partial charge on any atom is -0.353 e. The Morgan fingerprint density at radius 2 is 1.07 bits per heavy atom. The molecule has 14 nitrogen and oxygen atoms in total. The molecule has 2 aliphatic heterocycles. The lowest BCUT2D eigenvalue weighted by molar-refractivity contribution is -0.131.